The lowest BCUT2D eigenvalue weighted by atomic mass is 10.1. The molecule has 2 aliphatic rings. The summed E-state index contributed by atoms with van der Waals surface area (Å²) in [6, 6.07) is 0.117. The van der Waals surface area contributed by atoms with E-state index >= 15 is 0 Å². The van der Waals surface area contributed by atoms with Gasteiger partial charge in [0.05, 0.1) is 12.4 Å². The monoisotopic (exact) mass is 291 g/mol. The van der Waals surface area contributed by atoms with Crippen molar-refractivity contribution in [3.8, 4) is 0 Å². The minimum absolute atomic E-state index is 0.117. The average Bonchev–Trinajstić information content (AvgIpc) is 3.19. The van der Waals surface area contributed by atoms with Crippen LogP contribution in [-0.4, -0.2) is 70.6 Å². The smallest absolute Gasteiger partial charge is 0.240 e. The number of rotatable bonds is 5. The summed E-state index contributed by atoms with van der Waals surface area (Å²) in [5, 5.41) is 3.31. The van der Waals surface area contributed by atoms with Gasteiger partial charge in [0.2, 0.25) is 5.91 Å². The summed E-state index contributed by atoms with van der Waals surface area (Å²) in [6.45, 7) is 6.62. The van der Waals surface area contributed by atoms with E-state index in [0.29, 0.717) is 5.91 Å². The van der Waals surface area contributed by atoms with E-state index in [-0.39, 0.29) is 6.04 Å². The first-order valence-electron chi connectivity index (χ1n) is 8.04. The third-order valence-corrected chi connectivity index (χ3v) is 4.50. The third-order valence-electron chi connectivity index (χ3n) is 4.50. The van der Waals surface area contributed by atoms with Crippen molar-refractivity contribution in [3.05, 3.63) is 18.7 Å². The molecule has 0 aliphatic carbocycles. The third kappa shape index (κ3) is 3.63. The van der Waals surface area contributed by atoms with Crippen LogP contribution in [0.4, 0.5) is 0 Å². The molecule has 2 saturated heterocycles. The van der Waals surface area contributed by atoms with Gasteiger partial charge in [-0.3, -0.25) is 9.69 Å². The molecule has 1 atom stereocenters. The second-order valence-corrected chi connectivity index (χ2v) is 5.92. The highest BCUT2D eigenvalue weighted by atomic mass is 16.2. The topological polar surface area (TPSA) is 53.4 Å². The van der Waals surface area contributed by atoms with Crippen LogP contribution < -0.4 is 5.32 Å². The number of nitrogens with zero attached hydrogens (tertiary/aromatic N) is 4. The van der Waals surface area contributed by atoms with Gasteiger partial charge in [-0.05, 0) is 25.8 Å². The van der Waals surface area contributed by atoms with Gasteiger partial charge >= 0.3 is 0 Å². The van der Waals surface area contributed by atoms with E-state index in [4.69, 9.17) is 0 Å². The van der Waals surface area contributed by atoms with Crippen LogP contribution in [0.15, 0.2) is 18.7 Å². The fourth-order valence-electron chi connectivity index (χ4n) is 3.34. The number of likely N-dealkylation sites (tertiary alicyclic amines) is 1. The van der Waals surface area contributed by atoms with E-state index in [1.165, 1.54) is 0 Å². The molecule has 2 aliphatic heterocycles. The molecule has 1 unspecified atom stereocenters. The van der Waals surface area contributed by atoms with Gasteiger partial charge in [-0.1, -0.05) is 0 Å². The van der Waals surface area contributed by atoms with E-state index in [1.807, 2.05) is 23.6 Å². The lowest BCUT2D eigenvalue weighted by molar-refractivity contribution is -0.136. The Morgan fingerprint density at radius 2 is 2.10 bits per heavy atom. The minimum atomic E-state index is 0.117. The van der Waals surface area contributed by atoms with Crippen molar-refractivity contribution in [2.75, 3.05) is 39.3 Å². The lowest BCUT2D eigenvalue weighted by Crippen LogP contribution is -2.52. The number of nitrogens with one attached hydrogen (secondary N) is 1. The fourth-order valence-corrected chi connectivity index (χ4v) is 3.34. The minimum Gasteiger partial charge on any atom is -0.339 e. The van der Waals surface area contributed by atoms with Crippen molar-refractivity contribution in [3.63, 3.8) is 0 Å². The molecule has 3 heterocycles. The maximum Gasteiger partial charge on any atom is 0.240 e. The zero-order chi connectivity index (χ0) is 14.5. The summed E-state index contributed by atoms with van der Waals surface area (Å²) in [5.41, 5.74) is 0. The average molecular weight is 291 g/mol. The molecule has 0 spiro atoms. The van der Waals surface area contributed by atoms with Crippen molar-refractivity contribution in [1.82, 2.24) is 24.7 Å². The number of carbonyl (C=O) groups excluding carboxylic acids is 1. The number of hydrogen-bond donors (Lipinski definition) is 1. The molecule has 1 aromatic rings. The first-order valence-corrected chi connectivity index (χ1v) is 8.04. The van der Waals surface area contributed by atoms with E-state index in [1.54, 1.807) is 0 Å². The Hall–Kier alpha value is -1.40. The Bertz CT molecular complexity index is 441. The fraction of sp³-hybridized carbons (Fsp3) is 0.733. The van der Waals surface area contributed by atoms with Gasteiger partial charge < -0.3 is 14.8 Å². The van der Waals surface area contributed by atoms with Crippen molar-refractivity contribution in [2.45, 2.75) is 31.8 Å². The summed E-state index contributed by atoms with van der Waals surface area (Å²) >= 11 is 0. The molecule has 21 heavy (non-hydrogen) atoms. The molecule has 0 bridgehead atoms. The van der Waals surface area contributed by atoms with Gasteiger partial charge in [-0.15, -0.1) is 0 Å². The van der Waals surface area contributed by atoms with Gasteiger partial charge in [0.25, 0.3) is 0 Å². The summed E-state index contributed by atoms with van der Waals surface area (Å²) in [4.78, 5) is 21.1. The van der Waals surface area contributed by atoms with Crippen molar-refractivity contribution in [2.24, 2.45) is 0 Å². The Morgan fingerprint density at radius 3 is 2.86 bits per heavy atom. The standard InChI is InChI=1S/C15H25N5O/c21-15(20-11-5-16-6-12-20)14-3-1-8-19(14)9-2-7-18-10-4-17-13-18/h4,10,13-14,16H,1-3,5-9,11-12H2. The van der Waals surface area contributed by atoms with Crippen LogP contribution in [-0.2, 0) is 11.3 Å². The van der Waals surface area contributed by atoms with Crippen LogP contribution in [0.5, 0.6) is 0 Å². The summed E-state index contributed by atoms with van der Waals surface area (Å²) < 4.78 is 2.10. The maximum atomic E-state index is 12.6. The number of piperazine rings is 1. The van der Waals surface area contributed by atoms with Crippen molar-refractivity contribution >= 4 is 5.91 Å². The van der Waals surface area contributed by atoms with Gasteiger partial charge in [-0.25, -0.2) is 4.98 Å². The number of imidazole rings is 1. The van der Waals surface area contributed by atoms with Crippen LogP contribution in [0.25, 0.3) is 0 Å². The molecule has 6 nitrogen and oxygen atoms in total. The molecule has 1 aromatic heterocycles. The summed E-state index contributed by atoms with van der Waals surface area (Å²) in [5.74, 6) is 0.344. The van der Waals surface area contributed by atoms with Crippen LogP contribution in [0.1, 0.15) is 19.3 Å². The summed E-state index contributed by atoms with van der Waals surface area (Å²) in [6.07, 6.45) is 8.90. The van der Waals surface area contributed by atoms with Gasteiger partial charge in [-0.2, -0.15) is 0 Å². The molecule has 0 aromatic carbocycles. The van der Waals surface area contributed by atoms with Gasteiger partial charge in [0.1, 0.15) is 0 Å². The number of aryl methyl sites for hydroxylation is 1. The highest BCUT2D eigenvalue weighted by Crippen LogP contribution is 2.20. The molecular weight excluding hydrogens is 266 g/mol. The largest absolute Gasteiger partial charge is 0.339 e. The lowest BCUT2D eigenvalue weighted by Gasteiger charge is -2.33. The van der Waals surface area contributed by atoms with Crippen molar-refractivity contribution < 1.29 is 4.79 Å². The molecule has 0 saturated carbocycles. The molecule has 0 radical (unpaired) electrons. The molecule has 6 heteroatoms. The SMILES string of the molecule is O=C(C1CCCN1CCCn1ccnc1)N1CCNCC1. The first kappa shape index (κ1) is 14.5. The van der Waals surface area contributed by atoms with E-state index in [2.05, 4.69) is 19.8 Å². The highest BCUT2D eigenvalue weighted by molar-refractivity contribution is 5.82. The van der Waals surface area contributed by atoms with Crippen LogP contribution in [0.3, 0.4) is 0 Å². The van der Waals surface area contributed by atoms with Crippen LogP contribution in [0.2, 0.25) is 0 Å². The number of carbonyl (C=O) groups is 1. The molecule has 116 valence electrons. The maximum absolute atomic E-state index is 12.6. The Morgan fingerprint density at radius 1 is 1.24 bits per heavy atom. The van der Waals surface area contributed by atoms with Gasteiger partial charge in [0, 0.05) is 51.7 Å². The molecule has 2 fully saturated rings. The molecule has 1 N–H and O–H groups in total. The number of amides is 1. The Balaban J connectivity index is 1.48. The number of aromatic nitrogens is 2. The summed E-state index contributed by atoms with van der Waals surface area (Å²) in [7, 11) is 0. The highest BCUT2D eigenvalue weighted by Gasteiger charge is 2.33. The second kappa shape index (κ2) is 7.04. The second-order valence-electron chi connectivity index (χ2n) is 5.92. The Labute approximate surface area is 126 Å². The van der Waals surface area contributed by atoms with Gasteiger partial charge in [0.15, 0.2) is 0 Å². The predicted octanol–water partition coefficient (Wildman–Crippen LogP) is 0.169. The molecule has 1 amide bonds. The Kier molecular flexibility index (Phi) is 4.87. The van der Waals surface area contributed by atoms with E-state index in [9.17, 15) is 4.79 Å². The van der Waals surface area contributed by atoms with Crippen LogP contribution >= 0.6 is 0 Å². The zero-order valence-electron chi connectivity index (χ0n) is 12.6. The zero-order valence-corrected chi connectivity index (χ0v) is 12.6. The normalized spacial score (nSPS) is 23.6. The molecular formula is C15H25N5O. The quantitative estimate of drug-likeness (QED) is 0.840. The molecule has 3 rings (SSSR count). The van der Waals surface area contributed by atoms with E-state index < -0.39 is 0 Å². The van der Waals surface area contributed by atoms with Crippen molar-refractivity contribution in [1.29, 1.82) is 0 Å². The van der Waals surface area contributed by atoms with E-state index in [0.717, 1.165) is 65.1 Å². The number of hydrogen-bond acceptors (Lipinski definition) is 4. The van der Waals surface area contributed by atoms with Crippen LogP contribution in [0, 0.1) is 0 Å². The first-order chi connectivity index (χ1) is 10.3. The predicted molar refractivity (Wildman–Crippen MR) is 80.9 cm³/mol.